The first-order valence-electron chi connectivity index (χ1n) is 10.3. The van der Waals surface area contributed by atoms with Gasteiger partial charge < -0.3 is 5.11 Å². The van der Waals surface area contributed by atoms with Gasteiger partial charge in [0.15, 0.2) is 5.82 Å². The van der Waals surface area contributed by atoms with Crippen molar-refractivity contribution in [1.29, 1.82) is 0 Å². The average Bonchev–Trinajstić information content (AvgIpc) is 3.16. The summed E-state index contributed by atoms with van der Waals surface area (Å²) in [7, 11) is 0. The Morgan fingerprint density at radius 1 is 1.07 bits per heavy atom. The lowest BCUT2D eigenvalue weighted by Crippen LogP contribution is -2.11. The second kappa shape index (κ2) is 9.03. The first-order chi connectivity index (χ1) is 13.9. The first-order valence-corrected chi connectivity index (χ1v) is 10.3. The van der Waals surface area contributed by atoms with Crippen molar-refractivity contribution in [2.75, 3.05) is 0 Å². The Labute approximate surface area is 172 Å². The molecule has 1 aromatic heterocycles. The summed E-state index contributed by atoms with van der Waals surface area (Å²) in [6.45, 7) is 8.54. The number of nitrogens with zero attached hydrogens (tertiary/aromatic N) is 3. The summed E-state index contributed by atoms with van der Waals surface area (Å²) in [5.74, 6) is 1.13. The van der Waals surface area contributed by atoms with E-state index in [0.29, 0.717) is 17.9 Å². The molecule has 1 N–H and O–H groups in total. The number of carboxylic acids is 1. The van der Waals surface area contributed by atoms with Crippen LogP contribution >= 0.6 is 0 Å². The minimum atomic E-state index is -0.922. The van der Waals surface area contributed by atoms with E-state index in [1.807, 2.05) is 47.1 Å². The third kappa shape index (κ3) is 4.56. The molecule has 152 valence electrons. The van der Waals surface area contributed by atoms with Crippen molar-refractivity contribution in [2.45, 2.75) is 58.9 Å². The van der Waals surface area contributed by atoms with Crippen molar-refractivity contribution in [3.63, 3.8) is 0 Å². The molecule has 2 aromatic carbocycles. The molecule has 5 heteroatoms. The third-order valence-electron chi connectivity index (χ3n) is 5.54. The van der Waals surface area contributed by atoms with Gasteiger partial charge in [-0.25, -0.2) is 14.5 Å². The van der Waals surface area contributed by atoms with Crippen LogP contribution in [0.2, 0.25) is 0 Å². The topological polar surface area (TPSA) is 68.0 Å². The van der Waals surface area contributed by atoms with Gasteiger partial charge in [-0.2, -0.15) is 5.10 Å². The van der Waals surface area contributed by atoms with E-state index in [1.165, 1.54) is 0 Å². The molecular weight excluding hydrogens is 362 g/mol. The van der Waals surface area contributed by atoms with Crippen LogP contribution in [0.15, 0.2) is 48.5 Å². The van der Waals surface area contributed by atoms with E-state index in [1.54, 1.807) is 6.07 Å². The minimum Gasteiger partial charge on any atom is -0.478 e. The number of rotatable bonds is 8. The van der Waals surface area contributed by atoms with Crippen LogP contribution in [0.4, 0.5) is 0 Å². The molecule has 0 bridgehead atoms. The van der Waals surface area contributed by atoms with Gasteiger partial charge >= 0.3 is 5.97 Å². The Morgan fingerprint density at radius 2 is 1.79 bits per heavy atom. The van der Waals surface area contributed by atoms with Crippen molar-refractivity contribution in [3.8, 4) is 11.1 Å². The minimum absolute atomic E-state index is 0.248. The normalized spacial score (nSPS) is 13.2. The molecule has 0 aliphatic rings. The zero-order valence-electron chi connectivity index (χ0n) is 17.6. The molecule has 0 fully saturated rings. The highest BCUT2D eigenvalue weighted by molar-refractivity contribution is 5.96. The molecule has 2 unspecified atom stereocenters. The smallest absolute Gasteiger partial charge is 0.336 e. The maximum Gasteiger partial charge on any atom is 0.336 e. The van der Waals surface area contributed by atoms with Crippen molar-refractivity contribution < 1.29 is 9.90 Å². The molecule has 0 spiro atoms. The highest BCUT2D eigenvalue weighted by Crippen LogP contribution is 2.27. The maximum absolute atomic E-state index is 11.9. The van der Waals surface area contributed by atoms with E-state index in [0.717, 1.165) is 41.2 Å². The third-order valence-corrected chi connectivity index (χ3v) is 5.54. The molecule has 2 atom stereocenters. The number of carbonyl (C=O) groups is 1. The number of carboxylic acid groups (broad SMARTS) is 1. The van der Waals surface area contributed by atoms with E-state index in [4.69, 9.17) is 10.1 Å². The molecule has 0 aliphatic heterocycles. The summed E-state index contributed by atoms with van der Waals surface area (Å²) >= 11 is 0. The molecule has 1 heterocycles. The quantitative estimate of drug-likeness (QED) is 0.533. The summed E-state index contributed by atoms with van der Waals surface area (Å²) in [6.07, 6.45) is 2.51. The summed E-state index contributed by atoms with van der Waals surface area (Å²) in [5, 5.41) is 14.5. The second-order valence-electron chi connectivity index (χ2n) is 7.63. The van der Waals surface area contributed by atoms with Gasteiger partial charge in [0.1, 0.15) is 5.82 Å². The van der Waals surface area contributed by atoms with Gasteiger partial charge in [-0.3, -0.25) is 0 Å². The summed E-state index contributed by atoms with van der Waals surface area (Å²) in [5.41, 5.74) is 2.86. The van der Waals surface area contributed by atoms with E-state index in [-0.39, 0.29) is 6.04 Å². The average molecular weight is 392 g/mol. The maximum atomic E-state index is 11.9. The van der Waals surface area contributed by atoms with Crippen molar-refractivity contribution >= 4 is 5.97 Å². The van der Waals surface area contributed by atoms with Crippen LogP contribution in [0.25, 0.3) is 11.1 Å². The fourth-order valence-electron chi connectivity index (χ4n) is 3.34. The molecule has 0 radical (unpaired) electrons. The Hall–Kier alpha value is -2.95. The Balaban J connectivity index is 1.99. The summed E-state index contributed by atoms with van der Waals surface area (Å²) in [4.78, 5) is 16.7. The van der Waals surface area contributed by atoms with Gasteiger partial charge in [0, 0.05) is 12.3 Å². The van der Waals surface area contributed by atoms with Crippen molar-refractivity contribution in [3.05, 3.63) is 71.3 Å². The molecule has 3 aromatic rings. The number of aromatic carboxylic acids is 1. The van der Waals surface area contributed by atoms with E-state index in [2.05, 4.69) is 27.7 Å². The lowest BCUT2D eigenvalue weighted by Gasteiger charge is -2.13. The van der Waals surface area contributed by atoms with Gasteiger partial charge in [-0.1, -0.05) is 63.2 Å². The highest BCUT2D eigenvalue weighted by atomic mass is 16.4. The fourth-order valence-corrected chi connectivity index (χ4v) is 3.34. The van der Waals surface area contributed by atoms with E-state index < -0.39 is 5.97 Å². The molecule has 0 saturated carbocycles. The molecule has 0 amide bonds. The standard InChI is InChI=1S/C24H29N3O2/c1-5-16(3)23-25-22(27(26-23)17(4)6-2)15-18-12-13-20(21(14-18)24(28)29)19-10-8-7-9-11-19/h7-14,16-17H,5-6,15H2,1-4H3,(H,28,29). The lowest BCUT2D eigenvalue weighted by atomic mass is 9.96. The van der Waals surface area contributed by atoms with Crippen molar-refractivity contribution in [2.24, 2.45) is 0 Å². The molecule has 5 nitrogen and oxygen atoms in total. The van der Waals surface area contributed by atoms with Gasteiger partial charge in [-0.05, 0) is 42.5 Å². The number of hydrogen-bond donors (Lipinski definition) is 1. The van der Waals surface area contributed by atoms with E-state index in [9.17, 15) is 9.90 Å². The lowest BCUT2D eigenvalue weighted by molar-refractivity contribution is 0.0697. The van der Waals surface area contributed by atoms with Gasteiger partial charge in [0.25, 0.3) is 0 Å². The zero-order valence-corrected chi connectivity index (χ0v) is 17.6. The van der Waals surface area contributed by atoms with Crippen LogP contribution in [-0.4, -0.2) is 25.8 Å². The fraction of sp³-hybridized carbons (Fsp3) is 0.375. The van der Waals surface area contributed by atoms with Crippen LogP contribution in [0.3, 0.4) is 0 Å². The van der Waals surface area contributed by atoms with Crippen LogP contribution in [0.5, 0.6) is 0 Å². The predicted molar refractivity (Wildman–Crippen MR) is 115 cm³/mol. The first kappa shape index (κ1) is 20.8. The Bertz CT molecular complexity index is 979. The van der Waals surface area contributed by atoms with Gasteiger partial charge in [-0.15, -0.1) is 0 Å². The molecule has 0 aliphatic carbocycles. The Morgan fingerprint density at radius 3 is 2.41 bits per heavy atom. The zero-order chi connectivity index (χ0) is 21.0. The van der Waals surface area contributed by atoms with Crippen LogP contribution in [0.1, 0.15) is 80.1 Å². The monoisotopic (exact) mass is 391 g/mol. The largest absolute Gasteiger partial charge is 0.478 e. The molecule has 29 heavy (non-hydrogen) atoms. The van der Waals surface area contributed by atoms with Crippen molar-refractivity contribution in [1.82, 2.24) is 14.8 Å². The number of aromatic nitrogens is 3. The molecule has 3 rings (SSSR count). The van der Waals surface area contributed by atoms with Crippen LogP contribution in [-0.2, 0) is 6.42 Å². The van der Waals surface area contributed by atoms with Crippen LogP contribution in [0, 0.1) is 0 Å². The predicted octanol–water partition coefficient (Wildman–Crippen LogP) is 5.72. The SMILES string of the molecule is CCC(C)c1nc(Cc2ccc(-c3ccccc3)c(C(=O)O)c2)n(C(C)CC)n1. The number of hydrogen-bond acceptors (Lipinski definition) is 3. The van der Waals surface area contributed by atoms with Crippen LogP contribution < -0.4 is 0 Å². The summed E-state index contributed by atoms with van der Waals surface area (Å²) < 4.78 is 2.01. The molecule has 0 saturated heterocycles. The van der Waals surface area contributed by atoms with Gasteiger partial charge in [0.05, 0.1) is 11.6 Å². The second-order valence-corrected chi connectivity index (χ2v) is 7.63. The highest BCUT2D eigenvalue weighted by Gasteiger charge is 2.19. The Kier molecular flexibility index (Phi) is 6.47. The molecular formula is C24H29N3O2. The van der Waals surface area contributed by atoms with Gasteiger partial charge in [0.2, 0.25) is 0 Å². The van der Waals surface area contributed by atoms with E-state index >= 15 is 0 Å². The summed E-state index contributed by atoms with van der Waals surface area (Å²) in [6, 6.07) is 15.5. The number of benzene rings is 2.